The van der Waals surface area contributed by atoms with Gasteiger partial charge in [-0.2, -0.15) is 0 Å². The Labute approximate surface area is 361 Å². The summed E-state index contributed by atoms with van der Waals surface area (Å²) in [6.45, 7) is 0. The summed E-state index contributed by atoms with van der Waals surface area (Å²) in [5.41, 5.74) is 18.3. The van der Waals surface area contributed by atoms with Crippen LogP contribution in [-0.4, -0.2) is 0 Å². The molecule has 1 heteroatoms. The van der Waals surface area contributed by atoms with Crippen LogP contribution in [0.3, 0.4) is 0 Å². The Morgan fingerprint density at radius 3 is 1.34 bits per heavy atom. The van der Waals surface area contributed by atoms with Crippen LogP contribution in [0.4, 0.5) is 17.1 Å². The van der Waals surface area contributed by atoms with Crippen LogP contribution in [0.15, 0.2) is 237 Å². The lowest BCUT2D eigenvalue weighted by molar-refractivity contribution is 0.794. The van der Waals surface area contributed by atoms with Gasteiger partial charge in [0, 0.05) is 16.9 Å². The maximum absolute atomic E-state index is 2.53. The van der Waals surface area contributed by atoms with E-state index in [1.165, 1.54) is 99.1 Å². The molecule has 0 heterocycles. The average Bonchev–Trinajstić information content (AvgIpc) is 3.82. The molecule has 0 aromatic heterocycles. The largest absolute Gasteiger partial charge is 0.310 e. The SMILES string of the molecule is c1ccc(-c2ccccc2-c2cccc(N(c3ccc4c5ccccc5c5ccccc5c4c3)c3cccc4c3-c3ccccc3C43c4ccccc4-c4ccccc43)c2)cc1. The first-order valence-electron chi connectivity index (χ1n) is 21.6. The number of benzene rings is 11. The second-order valence-corrected chi connectivity index (χ2v) is 16.7. The van der Waals surface area contributed by atoms with Crippen LogP contribution in [0.1, 0.15) is 22.3 Å². The van der Waals surface area contributed by atoms with Gasteiger partial charge in [0.2, 0.25) is 0 Å². The van der Waals surface area contributed by atoms with Gasteiger partial charge < -0.3 is 4.90 Å². The number of hydrogen-bond acceptors (Lipinski definition) is 1. The van der Waals surface area contributed by atoms with E-state index in [1.807, 2.05) is 0 Å². The quantitative estimate of drug-likeness (QED) is 0.157. The van der Waals surface area contributed by atoms with Crippen molar-refractivity contribution >= 4 is 49.4 Å². The number of fused-ring (bicyclic) bond motifs is 16. The Morgan fingerprint density at radius 1 is 0.258 bits per heavy atom. The van der Waals surface area contributed by atoms with Crippen molar-refractivity contribution in [2.45, 2.75) is 5.41 Å². The van der Waals surface area contributed by atoms with Gasteiger partial charge in [-0.3, -0.25) is 0 Å². The molecule has 13 rings (SSSR count). The molecule has 2 aliphatic rings. The summed E-state index contributed by atoms with van der Waals surface area (Å²) < 4.78 is 0. The first-order chi connectivity index (χ1) is 30.8. The Bertz CT molecular complexity index is 3520. The molecular weight excluding hydrogens is 747 g/mol. The van der Waals surface area contributed by atoms with Crippen molar-refractivity contribution in [3.8, 4) is 44.5 Å². The van der Waals surface area contributed by atoms with E-state index in [0.717, 1.165) is 17.1 Å². The van der Waals surface area contributed by atoms with E-state index >= 15 is 0 Å². The third-order valence-electron chi connectivity index (χ3n) is 13.7. The number of anilines is 3. The van der Waals surface area contributed by atoms with Crippen LogP contribution in [0.25, 0.3) is 76.8 Å². The van der Waals surface area contributed by atoms with E-state index < -0.39 is 5.41 Å². The summed E-state index contributed by atoms with van der Waals surface area (Å²) in [4.78, 5) is 2.53. The Hall–Kier alpha value is -8.00. The van der Waals surface area contributed by atoms with Gasteiger partial charge in [-0.15, -0.1) is 0 Å². The lowest BCUT2D eigenvalue weighted by Crippen LogP contribution is -2.26. The van der Waals surface area contributed by atoms with Crippen LogP contribution in [0, 0.1) is 0 Å². The Balaban J connectivity index is 1.11. The van der Waals surface area contributed by atoms with E-state index in [4.69, 9.17) is 0 Å². The first kappa shape index (κ1) is 34.8. The topological polar surface area (TPSA) is 3.24 Å². The lowest BCUT2D eigenvalue weighted by Gasteiger charge is -2.32. The van der Waals surface area contributed by atoms with Crippen LogP contribution in [0.2, 0.25) is 0 Å². The molecule has 0 N–H and O–H groups in total. The highest BCUT2D eigenvalue weighted by atomic mass is 15.1. The molecule has 0 saturated carbocycles. The molecule has 288 valence electrons. The third-order valence-corrected chi connectivity index (χ3v) is 13.7. The molecule has 2 aliphatic carbocycles. The molecule has 0 amide bonds. The molecule has 0 fully saturated rings. The highest BCUT2D eigenvalue weighted by Crippen LogP contribution is 2.64. The summed E-state index contributed by atoms with van der Waals surface area (Å²) in [5.74, 6) is 0. The smallest absolute Gasteiger partial charge is 0.0726 e. The predicted octanol–water partition coefficient (Wildman–Crippen LogP) is 16.3. The molecular formula is C61H39N. The standard InChI is InChI=1S/C61H39N/c1-2-18-40(19-3-1)44-22-4-5-23-45(44)41-20-16-21-42(38-41)62(43-36-37-50-48-26-7-6-24-46(48)47-25-8-9-27-49(47)54(50)39-43)59-35-17-34-58-60(59)53-30-12-15-33-57(53)61(58)55-31-13-10-28-51(55)52-29-11-14-32-56(52)61/h1-39H. The molecule has 0 aliphatic heterocycles. The second kappa shape index (κ2) is 13.5. The van der Waals surface area contributed by atoms with Gasteiger partial charge in [-0.05, 0) is 124 Å². The van der Waals surface area contributed by atoms with Crippen LogP contribution in [-0.2, 0) is 5.41 Å². The van der Waals surface area contributed by atoms with E-state index in [9.17, 15) is 0 Å². The van der Waals surface area contributed by atoms with Gasteiger partial charge in [0.1, 0.15) is 0 Å². The van der Waals surface area contributed by atoms with Crippen molar-refractivity contribution < 1.29 is 0 Å². The molecule has 0 atom stereocenters. The van der Waals surface area contributed by atoms with Crippen molar-refractivity contribution in [2.75, 3.05) is 4.90 Å². The normalized spacial score (nSPS) is 13.0. The fourth-order valence-corrected chi connectivity index (χ4v) is 11.2. The summed E-state index contributed by atoms with van der Waals surface area (Å²) >= 11 is 0. The maximum Gasteiger partial charge on any atom is 0.0726 e. The number of nitrogens with zero attached hydrogens (tertiary/aromatic N) is 1. The van der Waals surface area contributed by atoms with Crippen molar-refractivity contribution in [3.05, 3.63) is 259 Å². The van der Waals surface area contributed by atoms with E-state index in [0.29, 0.717) is 0 Å². The fourth-order valence-electron chi connectivity index (χ4n) is 11.2. The molecule has 11 aromatic rings. The van der Waals surface area contributed by atoms with Crippen molar-refractivity contribution in [1.29, 1.82) is 0 Å². The summed E-state index contributed by atoms with van der Waals surface area (Å²) in [6.07, 6.45) is 0. The van der Waals surface area contributed by atoms with Crippen LogP contribution < -0.4 is 4.90 Å². The van der Waals surface area contributed by atoms with Gasteiger partial charge in [0.15, 0.2) is 0 Å². The third kappa shape index (κ3) is 4.85. The van der Waals surface area contributed by atoms with E-state index in [2.05, 4.69) is 241 Å². The van der Waals surface area contributed by atoms with E-state index in [1.54, 1.807) is 0 Å². The summed E-state index contributed by atoms with van der Waals surface area (Å²) in [5, 5.41) is 7.59. The Kier molecular flexibility index (Phi) is 7.59. The molecule has 1 spiro atoms. The lowest BCUT2D eigenvalue weighted by atomic mass is 9.70. The second-order valence-electron chi connectivity index (χ2n) is 16.7. The molecule has 1 nitrogen and oxygen atoms in total. The Morgan fingerprint density at radius 2 is 0.694 bits per heavy atom. The van der Waals surface area contributed by atoms with Crippen LogP contribution >= 0.6 is 0 Å². The van der Waals surface area contributed by atoms with Crippen molar-refractivity contribution in [2.24, 2.45) is 0 Å². The maximum atomic E-state index is 2.53. The molecule has 0 bridgehead atoms. The van der Waals surface area contributed by atoms with Crippen LogP contribution in [0.5, 0.6) is 0 Å². The highest BCUT2D eigenvalue weighted by Gasteiger charge is 2.52. The van der Waals surface area contributed by atoms with Gasteiger partial charge in [-0.25, -0.2) is 0 Å². The van der Waals surface area contributed by atoms with Gasteiger partial charge in [0.25, 0.3) is 0 Å². The van der Waals surface area contributed by atoms with E-state index in [-0.39, 0.29) is 0 Å². The minimum Gasteiger partial charge on any atom is -0.310 e. The van der Waals surface area contributed by atoms with Gasteiger partial charge >= 0.3 is 0 Å². The molecule has 0 saturated heterocycles. The first-order valence-corrected chi connectivity index (χ1v) is 21.6. The highest BCUT2D eigenvalue weighted by molar-refractivity contribution is 6.26. The molecule has 62 heavy (non-hydrogen) atoms. The minimum atomic E-state index is -0.449. The zero-order valence-electron chi connectivity index (χ0n) is 34.0. The predicted molar refractivity (Wildman–Crippen MR) is 261 cm³/mol. The molecule has 11 aromatic carbocycles. The number of hydrogen-bond donors (Lipinski definition) is 0. The molecule has 0 unspecified atom stereocenters. The van der Waals surface area contributed by atoms with Gasteiger partial charge in [-0.1, -0.05) is 206 Å². The summed E-state index contributed by atoms with van der Waals surface area (Å²) in [6, 6.07) is 87.9. The van der Waals surface area contributed by atoms with Crippen molar-refractivity contribution in [3.63, 3.8) is 0 Å². The monoisotopic (exact) mass is 785 g/mol. The van der Waals surface area contributed by atoms with Gasteiger partial charge in [0.05, 0.1) is 11.1 Å². The minimum absolute atomic E-state index is 0.449. The number of rotatable bonds is 5. The summed E-state index contributed by atoms with van der Waals surface area (Å²) in [7, 11) is 0. The molecule has 0 radical (unpaired) electrons. The average molecular weight is 786 g/mol. The fraction of sp³-hybridized carbons (Fsp3) is 0.0164. The zero-order chi connectivity index (χ0) is 40.8. The van der Waals surface area contributed by atoms with Crippen molar-refractivity contribution in [1.82, 2.24) is 0 Å². The zero-order valence-corrected chi connectivity index (χ0v) is 34.0.